The second-order valence-corrected chi connectivity index (χ2v) is 5.94. The third kappa shape index (κ3) is 3.84. The van der Waals surface area contributed by atoms with E-state index in [9.17, 15) is 4.39 Å². The molecule has 0 atom stereocenters. The molecule has 4 heteroatoms. The molecule has 0 unspecified atom stereocenters. The Morgan fingerprint density at radius 2 is 1.95 bits per heavy atom. The first-order valence-electron chi connectivity index (χ1n) is 6.69. The van der Waals surface area contributed by atoms with E-state index in [4.69, 9.17) is 0 Å². The molecule has 0 aliphatic carbocycles. The van der Waals surface area contributed by atoms with Crippen LogP contribution in [0.15, 0.2) is 30.5 Å². The number of halogens is 1. The SMILES string of the molecule is Cc1ccc(-c2nccc(CNC(C)(C)C)n2)cc1F. The molecule has 1 aromatic heterocycles. The van der Waals surface area contributed by atoms with Gasteiger partial charge in [-0.3, -0.25) is 0 Å². The molecule has 1 aromatic carbocycles. The molecule has 0 amide bonds. The van der Waals surface area contributed by atoms with Crippen LogP contribution in [0.2, 0.25) is 0 Å². The highest BCUT2D eigenvalue weighted by Gasteiger charge is 2.10. The molecule has 2 aromatic rings. The summed E-state index contributed by atoms with van der Waals surface area (Å²) in [4.78, 5) is 8.70. The quantitative estimate of drug-likeness (QED) is 0.930. The van der Waals surface area contributed by atoms with Crippen molar-refractivity contribution in [3.63, 3.8) is 0 Å². The molecule has 0 aliphatic heterocycles. The topological polar surface area (TPSA) is 37.8 Å². The smallest absolute Gasteiger partial charge is 0.159 e. The van der Waals surface area contributed by atoms with Crippen molar-refractivity contribution in [3.05, 3.63) is 47.5 Å². The van der Waals surface area contributed by atoms with Crippen molar-refractivity contribution in [1.82, 2.24) is 15.3 Å². The number of nitrogens with one attached hydrogen (secondary N) is 1. The van der Waals surface area contributed by atoms with Gasteiger partial charge in [0, 0.05) is 23.8 Å². The fraction of sp³-hybridized carbons (Fsp3) is 0.375. The fourth-order valence-corrected chi connectivity index (χ4v) is 1.72. The number of hydrogen-bond donors (Lipinski definition) is 1. The molecule has 106 valence electrons. The lowest BCUT2D eigenvalue weighted by Gasteiger charge is -2.20. The summed E-state index contributed by atoms with van der Waals surface area (Å²) in [5, 5.41) is 3.37. The minimum absolute atomic E-state index is 0.0288. The number of aryl methyl sites for hydroxylation is 1. The summed E-state index contributed by atoms with van der Waals surface area (Å²) in [5.41, 5.74) is 2.25. The molecule has 1 N–H and O–H groups in total. The van der Waals surface area contributed by atoms with Gasteiger partial charge in [-0.15, -0.1) is 0 Å². The summed E-state index contributed by atoms with van der Waals surface area (Å²) in [6.45, 7) is 8.70. The Bertz CT molecular complexity index is 603. The zero-order chi connectivity index (χ0) is 14.8. The second kappa shape index (κ2) is 5.67. The van der Waals surface area contributed by atoms with E-state index in [1.165, 1.54) is 6.07 Å². The van der Waals surface area contributed by atoms with Gasteiger partial charge >= 0.3 is 0 Å². The molecular weight excluding hydrogens is 253 g/mol. The Morgan fingerprint density at radius 3 is 2.60 bits per heavy atom. The minimum Gasteiger partial charge on any atom is -0.306 e. The van der Waals surface area contributed by atoms with Crippen LogP contribution in [-0.4, -0.2) is 15.5 Å². The highest BCUT2D eigenvalue weighted by atomic mass is 19.1. The molecule has 0 radical (unpaired) electrons. The van der Waals surface area contributed by atoms with Crippen molar-refractivity contribution in [1.29, 1.82) is 0 Å². The molecule has 0 aliphatic rings. The van der Waals surface area contributed by atoms with Gasteiger partial charge in [0.05, 0.1) is 5.69 Å². The van der Waals surface area contributed by atoms with Crippen LogP contribution in [0, 0.1) is 12.7 Å². The number of nitrogens with zero attached hydrogens (tertiary/aromatic N) is 2. The molecular formula is C16H20FN3. The summed E-state index contributed by atoms with van der Waals surface area (Å²) >= 11 is 0. The summed E-state index contributed by atoms with van der Waals surface area (Å²) in [7, 11) is 0. The third-order valence-electron chi connectivity index (χ3n) is 2.94. The zero-order valence-corrected chi connectivity index (χ0v) is 12.4. The average molecular weight is 273 g/mol. The largest absolute Gasteiger partial charge is 0.306 e. The molecule has 0 bridgehead atoms. The minimum atomic E-state index is -0.232. The first-order chi connectivity index (χ1) is 9.35. The van der Waals surface area contributed by atoms with Crippen LogP contribution < -0.4 is 5.32 Å². The van der Waals surface area contributed by atoms with Gasteiger partial charge in [-0.25, -0.2) is 14.4 Å². The van der Waals surface area contributed by atoms with Crippen molar-refractivity contribution >= 4 is 0 Å². The van der Waals surface area contributed by atoms with E-state index in [-0.39, 0.29) is 11.4 Å². The second-order valence-electron chi connectivity index (χ2n) is 5.94. The van der Waals surface area contributed by atoms with Gasteiger partial charge in [0.15, 0.2) is 5.82 Å². The van der Waals surface area contributed by atoms with Crippen LogP contribution in [0.25, 0.3) is 11.4 Å². The summed E-state index contributed by atoms with van der Waals surface area (Å²) in [6.07, 6.45) is 1.71. The molecule has 3 nitrogen and oxygen atoms in total. The molecule has 0 saturated carbocycles. The maximum Gasteiger partial charge on any atom is 0.159 e. The van der Waals surface area contributed by atoms with Crippen LogP contribution >= 0.6 is 0 Å². The van der Waals surface area contributed by atoms with Crippen LogP contribution in [0.1, 0.15) is 32.0 Å². The predicted molar refractivity (Wildman–Crippen MR) is 78.8 cm³/mol. The predicted octanol–water partition coefficient (Wildman–Crippen LogP) is 3.48. The normalized spacial score (nSPS) is 11.7. The van der Waals surface area contributed by atoms with Crippen molar-refractivity contribution in [2.75, 3.05) is 0 Å². The van der Waals surface area contributed by atoms with E-state index in [2.05, 4.69) is 36.1 Å². The van der Waals surface area contributed by atoms with E-state index >= 15 is 0 Å². The lowest BCUT2D eigenvalue weighted by atomic mass is 10.1. The van der Waals surface area contributed by atoms with E-state index < -0.39 is 0 Å². The van der Waals surface area contributed by atoms with Gasteiger partial charge in [-0.1, -0.05) is 12.1 Å². The lowest BCUT2D eigenvalue weighted by Crippen LogP contribution is -2.35. The van der Waals surface area contributed by atoms with Gasteiger partial charge in [-0.2, -0.15) is 0 Å². The number of aromatic nitrogens is 2. The average Bonchev–Trinajstić information content (AvgIpc) is 2.39. The van der Waals surface area contributed by atoms with E-state index in [0.717, 1.165) is 5.69 Å². The maximum atomic E-state index is 13.6. The third-order valence-corrected chi connectivity index (χ3v) is 2.94. The van der Waals surface area contributed by atoms with Crippen LogP contribution in [0.4, 0.5) is 4.39 Å². The molecule has 0 saturated heterocycles. The van der Waals surface area contributed by atoms with Crippen molar-refractivity contribution in [2.45, 2.75) is 39.8 Å². The van der Waals surface area contributed by atoms with Crippen LogP contribution in [0.5, 0.6) is 0 Å². The van der Waals surface area contributed by atoms with Crippen LogP contribution in [0.3, 0.4) is 0 Å². The van der Waals surface area contributed by atoms with Crippen molar-refractivity contribution in [3.8, 4) is 11.4 Å². The molecule has 1 heterocycles. The Kier molecular flexibility index (Phi) is 4.14. The number of rotatable bonds is 3. The fourth-order valence-electron chi connectivity index (χ4n) is 1.72. The van der Waals surface area contributed by atoms with Crippen molar-refractivity contribution in [2.24, 2.45) is 0 Å². The van der Waals surface area contributed by atoms with Gasteiger partial charge in [0.1, 0.15) is 5.82 Å². The van der Waals surface area contributed by atoms with E-state index in [0.29, 0.717) is 23.5 Å². The monoisotopic (exact) mass is 273 g/mol. The molecule has 2 rings (SSSR count). The first kappa shape index (κ1) is 14.6. The highest BCUT2D eigenvalue weighted by Crippen LogP contribution is 2.18. The molecule has 0 fully saturated rings. The molecule has 20 heavy (non-hydrogen) atoms. The van der Waals surface area contributed by atoms with Gasteiger partial charge in [0.25, 0.3) is 0 Å². The Morgan fingerprint density at radius 1 is 1.20 bits per heavy atom. The maximum absolute atomic E-state index is 13.6. The van der Waals surface area contributed by atoms with Gasteiger partial charge < -0.3 is 5.32 Å². The molecule has 0 spiro atoms. The van der Waals surface area contributed by atoms with E-state index in [1.54, 1.807) is 19.2 Å². The number of hydrogen-bond acceptors (Lipinski definition) is 3. The van der Waals surface area contributed by atoms with Crippen molar-refractivity contribution < 1.29 is 4.39 Å². The zero-order valence-electron chi connectivity index (χ0n) is 12.4. The number of benzene rings is 1. The summed E-state index contributed by atoms with van der Waals surface area (Å²) in [6, 6.07) is 6.93. The van der Waals surface area contributed by atoms with Gasteiger partial charge in [-0.05, 0) is 45.4 Å². The summed E-state index contributed by atoms with van der Waals surface area (Å²) < 4.78 is 13.6. The Hall–Kier alpha value is -1.81. The van der Waals surface area contributed by atoms with E-state index in [1.807, 2.05) is 12.1 Å². The highest BCUT2D eigenvalue weighted by molar-refractivity contribution is 5.55. The standard InChI is InChI=1S/C16H20FN3/c1-11-5-6-12(9-14(11)17)15-18-8-7-13(20-15)10-19-16(2,3)4/h5-9,19H,10H2,1-4H3. The summed E-state index contributed by atoms with van der Waals surface area (Å²) in [5.74, 6) is 0.321. The lowest BCUT2D eigenvalue weighted by molar-refractivity contribution is 0.421. The Labute approximate surface area is 119 Å². The first-order valence-corrected chi connectivity index (χ1v) is 6.69. The van der Waals surface area contributed by atoms with Crippen LogP contribution in [-0.2, 0) is 6.54 Å². The Balaban J connectivity index is 2.23. The van der Waals surface area contributed by atoms with Gasteiger partial charge in [0.2, 0.25) is 0 Å².